The van der Waals surface area contributed by atoms with Gasteiger partial charge < -0.3 is 15.7 Å². The van der Waals surface area contributed by atoms with E-state index in [2.05, 4.69) is 4.90 Å². The Morgan fingerprint density at radius 1 is 1.50 bits per heavy atom. The number of anilines is 1. The van der Waals surface area contributed by atoms with Crippen molar-refractivity contribution in [2.45, 2.75) is 26.0 Å². The average Bonchev–Trinajstić information content (AvgIpc) is 2.21. The average molecular weight is 243 g/mol. The summed E-state index contributed by atoms with van der Waals surface area (Å²) in [5.74, 6) is 0. The van der Waals surface area contributed by atoms with Crippen LogP contribution in [0.2, 0.25) is 5.02 Å². The van der Waals surface area contributed by atoms with Gasteiger partial charge in [0, 0.05) is 29.4 Å². The van der Waals surface area contributed by atoms with Crippen molar-refractivity contribution >= 4 is 17.3 Å². The number of hydrogen-bond donors (Lipinski definition) is 2. The Balaban J connectivity index is 2.59. The minimum Gasteiger partial charge on any atom is -0.398 e. The Labute approximate surface area is 102 Å². The van der Waals surface area contributed by atoms with Gasteiger partial charge in [-0.25, -0.2) is 0 Å². The Kier molecular flexibility index (Phi) is 5.06. The highest BCUT2D eigenvalue weighted by Gasteiger charge is 2.08. The second-order valence-corrected chi connectivity index (χ2v) is 4.59. The second-order valence-electron chi connectivity index (χ2n) is 4.18. The van der Waals surface area contributed by atoms with Gasteiger partial charge in [0.15, 0.2) is 0 Å². The molecule has 0 radical (unpaired) electrons. The summed E-state index contributed by atoms with van der Waals surface area (Å²) in [4.78, 5) is 2.10. The lowest BCUT2D eigenvalue weighted by atomic mass is 10.1. The van der Waals surface area contributed by atoms with Gasteiger partial charge in [-0.05, 0) is 32.5 Å². The Morgan fingerprint density at radius 2 is 2.19 bits per heavy atom. The highest BCUT2D eigenvalue weighted by molar-refractivity contribution is 6.31. The van der Waals surface area contributed by atoms with E-state index in [9.17, 15) is 5.11 Å². The van der Waals surface area contributed by atoms with E-state index in [1.165, 1.54) is 0 Å². The van der Waals surface area contributed by atoms with Crippen LogP contribution in [-0.2, 0) is 6.54 Å². The number of nitrogens with zero attached hydrogens (tertiary/aromatic N) is 1. The maximum absolute atomic E-state index is 9.20. The molecule has 0 saturated carbocycles. The first-order chi connectivity index (χ1) is 7.50. The minimum absolute atomic E-state index is 0.272. The third-order valence-electron chi connectivity index (χ3n) is 2.51. The van der Waals surface area contributed by atoms with Crippen molar-refractivity contribution in [2.24, 2.45) is 0 Å². The molecule has 16 heavy (non-hydrogen) atoms. The van der Waals surface area contributed by atoms with Gasteiger partial charge in [0.25, 0.3) is 0 Å². The number of hydrogen-bond acceptors (Lipinski definition) is 3. The molecule has 1 rings (SSSR count). The largest absolute Gasteiger partial charge is 0.398 e. The zero-order chi connectivity index (χ0) is 12.1. The summed E-state index contributed by atoms with van der Waals surface area (Å²) in [6, 6.07) is 5.54. The number of aliphatic hydroxyl groups is 1. The highest BCUT2D eigenvalue weighted by Crippen LogP contribution is 2.23. The van der Waals surface area contributed by atoms with Gasteiger partial charge in [-0.3, -0.25) is 0 Å². The molecule has 3 N–H and O–H groups in total. The van der Waals surface area contributed by atoms with Crippen LogP contribution in [0.5, 0.6) is 0 Å². The summed E-state index contributed by atoms with van der Waals surface area (Å²) in [6.07, 6.45) is 0.479. The number of halogens is 1. The minimum atomic E-state index is -0.272. The molecule has 0 saturated heterocycles. The first-order valence-corrected chi connectivity index (χ1v) is 5.78. The Bertz CT molecular complexity index is 322. The monoisotopic (exact) mass is 242 g/mol. The predicted octanol–water partition coefficient (Wildman–Crippen LogP) is 2.12. The van der Waals surface area contributed by atoms with Crippen molar-refractivity contribution in [2.75, 3.05) is 19.3 Å². The molecule has 0 aliphatic heterocycles. The van der Waals surface area contributed by atoms with Gasteiger partial charge in [-0.1, -0.05) is 17.7 Å². The van der Waals surface area contributed by atoms with Gasteiger partial charge in [-0.15, -0.1) is 0 Å². The van der Waals surface area contributed by atoms with Crippen LogP contribution in [-0.4, -0.2) is 29.7 Å². The molecule has 4 heteroatoms. The highest BCUT2D eigenvalue weighted by atomic mass is 35.5. The van der Waals surface area contributed by atoms with Crippen molar-refractivity contribution in [3.8, 4) is 0 Å². The summed E-state index contributed by atoms with van der Waals surface area (Å²) in [5.41, 5.74) is 7.54. The fourth-order valence-electron chi connectivity index (χ4n) is 1.50. The summed E-state index contributed by atoms with van der Waals surface area (Å²) < 4.78 is 0. The van der Waals surface area contributed by atoms with Crippen LogP contribution in [0.1, 0.15) is 18.9 Å². The molecule has 3 nitrogen and oxygen atoms in total. The van der Waals surface area contributed by atoms with Gasteiger partial charge in [0.05, 0.1) is 6.10 Å². The molecule has 1 atom stereocenters. The number of rotatable bonds is 5. The van der Waals surface area contributed by atoms with Gasteiger partial charge >= 0.3 is 0 Å². The topological polar surface area (TPSA) is 49.5 Å². The molecule has 0 bridgehead atoms. The van der Waals surface area contributed by atoms with E-state index in [-0.39, 0.29) is 6.10 Å². The van der Waals surface area contributed by atoms with Crippen molar-refractivity contribution in [3.05, 3.63) is 28.8 Å². The lowest BCUT2D eigenvalue weighted by molar-refractivity contribution is 0.163. The fraction of sp³-hybridized carbons (Fsp3) is 0.500. The summed E-state index contributed by atoms with van der Waals surface area (Å²) >= 11 is 6.08. The summed E-state index contributed by atoms with van der Waals surface area (Å²) in [7, 11) is 1.99. The van der Waals surface area contributed by atoms with E-state index in [0.717, 1.165) is 24.2 Å². The second kappa shape index (κ2) is 6.09. The SMILES string of the molecule is CC(O)CCN(C)Cc1c(N)cccc1Cl. The normalized spacial score (nSPS) is 13.1. The molecule has 0 aromatic heterocycles. The molecule has 1 aromatic carbocycles. The summed E-state index contributed by atoms with van der Waals surface area (Å²) in [5, 5.41) is 9.90. The van der Waals surface area contributed by atoms with E-state index in [4.69, 9.17) is 17.3 Å². The molecule has 0 amide bonds. The van der Waals surface area contributed by atoms with Crippen LogP contribution in [0.3, 0.4) is 0 Å². The van der Waals surface area contributed by atoms with E-state index >= 15 is 0 Å². The van der Waals surface area contributed by atoms with Crippen LogP contribution in [0.25, 0.3) is 0 Å². The van der Waals surface area contributed by atoms with Gasteiger partial charge in [0.1, 0.15) is 0 Å². The molecule has 1 aromatic rings. The fourth-order valence-corrected chi connectivity index (χ4v) is 1.74. The van der Waals surface area contributed by atoms with E-state index in [1.54, 1.807) is 6.92 Å². The molecular weight excluding hydrogens is 224 g/mol. The van der Waals surface area contributed by atoms with Crippen molar-refractivity contribution in [1.82, 2.24) is 4.90 Å². The van der Waals surface area contributed by atoms with Crippen LogP contribution < -0.4 is 5.73 Å². The molecule has 90 valence electrons. The maximum Gasteiger partial charge on any atom is 0.0524 e. The van der Waals surface area contributed by atoms with Crippen LogP contribution in [0.4, 0.5) is 5.69 Å². The van der Waals surface area contributed by atoms with Crippen molar-refractivity contribution < 1.29 is 5.11 Å². The maximum atomic E-state index is 9.20. The van der Waals surface area contributed by atoms with Crippen molar-refractivity contribution in [3.63, 3.8) is 0 Å². The quantitative estimate of drug-likeness (QED) is 0.778. The predicted molar refractivity (Wildman–Crippen MR) is 68.5 cm³/mol. The number of aliphatic hydroxyl groups excluding tert-OH is 1. The third kappa shape index (κ3) is 4.00. The summed E-state index contributed by atoms with van der Waals surface area (Å²) in [6.45, 7) is 3.32. The van der Waals surface area contributed by atoms with Crippen LogP contribution in [0.15, 0.2) is 18.2 Å². The molecule has 0 aliphatic carbocycles. The molecule has 0 fully saturated rings. The smallest absolute Gasteiger partial charge is 0.0524 e. The molecular formula is C12H19ClN2O. The third-order valence-corrected chi connectivity index (χ3v) is 2.87. The molecule has 0 aliphatic rings. The molecule has 0 spiro atoms. The number of nitrogen functional groups attached to an aromatic ring is 1. The Hall–Kier alpha value is -0.770. The van der Waals surface area contributed by atoms with Crippen LogP contribution in [0, 0.1) is 0 Å². The lowest BCUT2D eigenvalue weighted by Gasteiger charge is -2.19. The van der Waals surface area contributed by atoms with Crippen molar-refractivity contribution in [1.29, 1.82) is 0 Å². The van der Waals surface area contributed by atoms with E-state index < -0.39 is 0 Å². The van der Waals surface area contributed by atoms with E-state index in [0.29, 0.717) is 11.6 Å². The van der Waals surface area contributed by atoms with Gasteiger partial charge in [-0.2, -0.15) is 0 Å². The molecule has 1 unspecified atom stereocenters. The first kappa shape index (κ1) is 13.3. The first-order valence-electron chi connectivity index (χ1n) is 5.40. The number of nitrogens with two attached hydrogens (primary N) is 1. The van der Waals surface area contributed by atoms with Gasteiger partial charge in [0.2, 0.25) is 0 Å². The zero-order valence-electron chi connectivity index (χ0n) is 9.78. The standard InChI is InChI=1S/C12H19ClN2O/c1-9(16)6-7-15(2)8-10-11(13)4-3-5-12(10)14/h3-5,9,16H,6-8,14H2,1-2H3. The Morgan fingerprint density at radius 3 is 2.75 bits per heavy atom. The molecule has 0 heterocycles. The zero-order valence-corrected chi connectivity index (χ0v) is 10.5. The number of benzene rings is 1. The van der Waals surface area contributed by atoms with E-state index in [1.807, 2.05) is 25.2 Å². The lowest BCUT2D eigenvalue weighted by Crippen LogP contribution is -2.22. The van der Waals surface area contributed by atoms with Crippen LogP contribution >= 0.6 is 11.6 Å².